The van der Waals surface area contributed by atoms with Crippen molar-refractivity contribution < 1.29 is 9.59 Å². The predicted octanol–water partition coefficient (Wildman–Crippen LogP) is 2.61. The minimum atomic E-state index is -0.151. The van der Waals surface area contributed by atoms with Crippen LogP contribution in [-0.2, 0) is 0 Å². The van der Waals surface area contributed by atoms with E-state index in [4.69, 9.17) is 0 Å². The van der Waals surface area contributed by atoms with E-state index >= 15 is 0 Å². The van der Waals surface area contributed by atoms with Crippen LogP contribution in [0.2, 0.25) is 0 Å². The average Bonchev–Trinajstić information content (AvgIpc) is 3.20. The summed E-state index contributed by atoms with van der Waals surface area (Å²) in [5.74, 6) is -0.151. The summed E-state index contributed by atoms with van der Waals surface area (Å²) in [7, 11) is 0. The van der Waals surface area contributed by atoms with Gasteiger partial charge in [-0.15, -0.1) is 0 Å². The molecule has 2 aromatic carbocycles. The fourth-order valence-corrected chi connectivity index (χ4v) is 3.87. The van der Waals surface area contributed by atoms with Gasteiger partial charge in [0.15, 0.2) is 0 Å². The molecule has 2 heterocycles. The van der Waals surface area contributed by atoms with Gasteiger partial charge in [-0.05, 0) is 42.9 Å². The van der Waals surface area contributed by atoms with Crippen molar-refractivity contribution in [3.05, 3.63) is 54.1 Å². The van der Waals surface area contributed by atoms with Crippen molar-refractivity contribution in [2.24, 2.45) is 0 Å². The minimum Gasteiger partial charge on any atom is -0.367 e. The van der Waals surface area contributed by atoms with E-state index in [-0.39, 0.29) is 11.9 Å². The molecule has 2 fully saturated rings. The highest BCUT2D eigenvalue weighted by Gasteiger charge is 2.22. The van der Waals surface area contributed by atoms with Crippen molar-refractivity contribution >= 4 is 29.0 Å². The standard InChI is InChI=1S/C22H27N5O2/c1-2-25-13-15-26(16-14-25)20-6-4-3-5-19(20)24-21(28)17-7-9-18(10-8-17)27-12-11-23-22(27)29/h3-10H,2,11-16H2,1H3,(H,23,29)(H,24,28). The molecule has 29 heavy (non-hydrogen) atoms. The summed E-state index contributed by atoms with van der Waals surface area (Å²) < 4.78 is 0. The van der Waals surface area contributed by atoms with E-state index < -0.39 is 0 Å². The van der Waals surface area contributed by atoms with Gasteiger partial charge in [0.1, 0.15) is 0 Å². The number of nitrogens with one attached hydrogen (secondary N) is 2. The fraction of sp³-hybridized carbons (Fsp3) is 0.364. The van der Waals surface area contributed by atoms with Gasteiger partial charge in [-0.25, -0.2) is 4.79 Å². The lowest BCUT2D eigenvalue weighted by Crippen LogP contribution is -2.46. The Bertz CT molecular complexity index is 875. The molecule has 0 radical (unpaired) electrons. The number of rotatable bonds is 5. The number of nitrogens with zero attached hydrogens (tertiary/aromatic N) is 3. The summed E-state index contributed by atoms with van der Waals surface area (Å²) in [5, 5.41) is 5.84. The molecular weight excluding hydrogens is 366 g/mol. The van der Waals surface area contributed by atoms with E-state index in [1.54, 1.807) is 17.0 Å². The van der Waals surface area contributed by atoms with Crippen LogP contribution in [0.15, 0.2) is 48.5 Å². The number of urea groups is 1. The Labute approximate surface area is 171 Å². The minimum absolute atomic E-state index is 0.0979. The summed E-state index contributed by atoms with van der Waals surface area (Å²) in [6.07, 6.45) is 0. The van der Waals surface area contributed by atoms with Crippen LogP contribution >= 0.6 is 0 Å². The molecule has 4 rings (SSSR count). The van der Waals surface area contributed by atoms with Crippen molar-refractivity contribution in [3.63, 3.8) is 0 Å². The van der Waals surface area contributed by atoms with Gasteiger partial charge in [0.05, 0.1) is 11.4 Å². The molecule has 0 aliphatic carbocycles. The molecule has 2 saturated heterocycles. The Morgan fingerprint density at radius 2 is 1.72 bits per heavy atom. The number of piperazine rings is 1. The molecule has 0 spiro atoms. The second-order valence-electron chi connectivity index (χ2n) is 7.32. The third-order valence-electron chi connectivity index (χ3n) is 5.61. The first-order chi connectivity index (χ1) is 14.2. The fourth-order valence-electron chi connectivity index (χ4n) is 3.87. The van der Waals surface area contributed by atoms with E-state index in [1.807, 2.05) is 30.3 Å². The van der Waals surface area contributed by atoms with Gasteiger partial charge in [-0.2, -0.15) is 0 Å². The molecule has 2 aromatic rings. The average molecular weight is 393 g/mol. The Kier molecular flexibility index (Phi) is 5.67. The van der Waals surface area contributed by atoms with Crippen molar-refractivity contribution in [1.82, 2.24) is 10.2 Å². The molecule has 0 atom stereocenters. The SMILES string of the molecule is CCN1CCN(c2ccccc2NC(=O)c2ccc(N3CCNC3=O)cc2)CC1. The summed E-state index contributed by atoms with van der Waals surface area (Å²) in [4.78, 5) is 31.0. The smallest absolute Gasteiger partial charge is 0.321 e. The number of anilines is 3. The third-order valence-corrected chi connectivity index (χ3v) is 5.61. The van der Waals surface area contributed by atoms with E-state index in [2.05, 4.69) is 33.4 Å². The summed E-state index contributed by atoms with van der Waals surface area (Å²) in [6.45, 7) is 8.51. The van der Waals surface area contributed by atoms with Gasteiger partial charge < -0.3 is 20.4 Å². The van der Waals surface area contributed by atoms with E-state index in [1.165, 1.54) is 0 Å². The number of hydrogen-bond donors (Lipinski definition) is 2. The van der Waals surface area contributed by atoms with Gasteiger partial charge >= 0.3 is 6.03 Å². The number of amides is 3. The molecule has 2 N–H and O–H groups in total. The van der Waals surface area contributed by atoms with Gasteiger partial charge in [0, 0.05) is 50.5 Å². The first kappa shape index (κ1) is 19.3. The lowest BCUT2D eigenvalue weighted by molar-refractivity contribution is 0.102. The van der Waals surface area contributed by atoms with Crippen LogP contribution in [-0.4, -0.2) is 62.7 Å². The van der Waals surface area contributed by atoms with E-state index in [0.717, 1.165) is 49.8 Å². The molecule has 152 valence electrons. The van der Waals surface area contributed by atoms with Crippen LogP contribution in [0.5, 0.6) is 0 Å². The Morgan fingerprint density at radius 1 is 1.00 bits per heavy atom. The van der Waals surface area contributed by atoms with Gasteiger partial charge in [0.25, 0.3) is 5.91 Å². The van der Waals surface area contributed by atoms with Crippen LogP contribution in [0.3, 0.4) is 0 Å². The number of carbonyl (C=O) groups is 2. The largest absolute Gasteiger partial charge is 0.367 e. The second kappa shape index (κ2) is 8.53. The van der Waals surface area contributed by atoms with Crippen LogP contribution < -0.4 is 20.4 Å². The molecule has 0 unspecified atom stereocenters. The van der Waals surface area contributed by atoms with Crippen LogP contribution in [0.1, 0.15) is 17.3 Å². The molecule has 0 saturated carbocycles. The Morgan fingerprint density at radius 3 is 2.38 bits per heavy atom. The highest BCUT2D eigenvalue weighted by atomic mass is 16.2. The zero-order valence-corrected chi connectivity index (χ0v) is 16.7. The highest BCUT2D eigenvalue weighted by Crippen LogP contribution is 2.27. The molecule has 2 aliphatic rings. The number of likely N-dealkylation sites (N-methyl/N-ethyl adjacent to an activating group) is 1. The summed E-state index contributed by atoms with van der Waals surface area (Å²) in [6, 6.07) is 15.0. The topological polar surface area (TPSA) is 67.9 Å². The second-order valence-corrected chi connectivity index (χ2v) is 7.32. The quantitative estimate of drug-likeness (QED) is 0.820. The zero-order chi connectivity index (χ0) is 20.2. The predicted molar refractivity (Wildman–Crippen MR) is 116 cm³/mol. The summed E-state index contributed by atoms with van der Waals surface area (Å²) in [5.41, 5.74) is 3.25. The zero-order valence-electron chi connectivity index (χ0n) is 16.7. The highest BCUT2D eigenvalue weighted by molar-refractivity contribution is 6.06. The van der Waals surface area contributed by atoms with Crippen LogP contribution in [0.4, 0.5) is 21.9 Å². The summed E-state index contributed by atoms with van der Waals surface area (Å²) >= 11 is 0. The van der Waals surface area contributed by atoms with Gasteiger partial charge in [-0.3, -0.25) is 9.69 Å². The van der Waals surface area contributed by atoms with E-state index in [0.29, 0.717) is 18.7 Å². The maximum atomic E-state index is 12.8. The lowest BCUT2D eigenvalue weighted by atomic mass is 10.1. The maximum Gasteiger partial charge on any atom is 0.321 e. The van der Waals surface area contributed by atoms with Crippen molar-refractivity contribution in [1.29, 1.82) is 0 Å². The molecule has 0 bridgehead atoms. The van der Waals surface area contributed by atoms with Gasteiger partial charge in [-0.1, -0.05) is 19.1 Å². The first-order valence-corrected chi connectivity index (χ1v) is 10.2. The monoisotopic (exact) mass is 393 g/mol. The van der Waals surface area contributed by atoms with Crippen molar-refractivity contribution in [2.45, 2.75) is 6.92 Å². The number of para-hydroxylation sites is 2. The van der Waals surface area contributed by atoms with Crippen molar-refractivity contribution in [3.8, 4) is 0 Å². The molecule has 0 aromatic heterocycles. The lowest BCUT2D eigenvalue weighted by Gasteiger charge is -2.36. The van der Waals surface area contributed by atoms with Crippen LogP contribution in [0.25, 0.3) is 0 Å². The normalized spacial score (nSPS) is 17.3. The Hall–Kier alpha value is -3.06. The van der Waals surface area contributed by atoms with Crippen LogP contribution in [0, 0.1) is 0 Å². The molecule has 7 heteroatoms. The molecule has 2 aliphatic heterocycles. The molecule has 7 nitrogen and oxygen atoms in total. The Balaban J connectivity index is 1.45. The number of benzene rings is 2. The number of carbonyl (C=O) groups excluding carboxylic acids is 2. The van der Waals surface area contributed by atoms with Crippen molar-refractivity contribution in [2.75, 3.05) is 60.9 Å². The maximum absolute atomic E-state index is 12.8. The number of hydrogen-bond acceptors (Lipinski definition) is 4. The van der Waals surface area contributed by atoms with E-state index in [9.17, 15) is 9.59 Å². The first-order valence-electron chi connectivity index (χ1n) is 10.2. The van der Waals surface area contributed by atoms with Gasteiger partial charge in [0.2, 0.25) is 0 Å². The molecule has 3 amide bonds. The molecular formula is C22H27N5O2. The third kappa shape index (κ3) is 4.19.